The third kappa shape index (κ3) is 4.51. The van der Waals surface area contributed by atoms with Crippen LogP contribution in [0.2, 0.25) is 5.02 Å². The maximum atomic E-state index is 12.2. The number of benzene rings is 1. The van der Waals surface area contributed by atoms with E-state index in [1.54, 1.807) is 17.3 Å². The highest BCUT2D eigenvalue weighted by Gasteiger charge is 2.32. The van der Waals surface area contributed by atoms with E-state index in [0.29, 0.717) is 60.3 Å². The fourth-order valence-corrected chi connectivity index (χ4v) is 5.23. The van der Waals surface area contributed by atoms with E-state index in [1.807, 2.05) is 19.1 Å². The molecule has 0 saturated carbocycles. The van der Waals surface area contributed by atoms with Gasteiger partial charge in [-0.05, 0) is 44.8 Å². The van der Waals surface area contributed by atoms with Crippen molar-refractivity contribution in [1.29, 1.82) is 0 Å². The molecule has 0 aliphatic carbocycles. The minimum Gasteiger partial charge on any atom is -0.435 e. The van der Waals surface area contributed by atoms with Gasteiger partial charge in [0, 0.05) is 51.5 Å². The van der Waals surface area contributed by atoms with Crippen LogP contribution in [0.4, 0.5) is 11.8 Å². The van der Waals surface area contributed by atoms with E-state index in [0.717, 1.165) is 40.8 Å². The van der Waals surface area contributed by atoms with Crippen molar-refractivity contribution in [2.45, 2.75) is 13.0 Å². The van der Waals surface area contributed by atoms with Gasteiger partial charge in [-0.25, -0.2) is 9.97 Å². The highest BCUT2D eigenvalue weighted by molar-refractivity contribution is 6.34. The normalized spacial score (nSPS) is 16.3. The Hall–Kier alpha value is -3.96. The first-order valence-corrected chi connectivity index (χ1v) is 13.3. The largest absolute Gasteiger partial charge is 0.435 e. The van der Waals surface area contributed by atoms with Gasteiger partial charge >= 0.3 is 0 Å². The molecular weight excluding hydrogens is 518 g/mol. The maximum Gasteiger partial charge on any atom is 0.246 e. The van der Waals surface area contributed by atoms with Crippen LogP contribution in [0, 0.1) is 6.92 Å². The van der Waals surface area contributed by atoms with Crippen molar-refractivity contribution in [2.75, 3.05) is 63.2 Å². The molecule has 0 unspecified atom stereocenters. The van der Waals surface area contributed by atoms with E-state index >= 15 is 0 Å². The molecule has 12 heteroatoms. The standard InChI is InChI=1S/C27H30ClN9O2/c1-5-21(38)35-8-10-36(11-9-35)25-18-6-7-29-26(23(18)31-27(32-25)37-14-17(15-37)34(3)4)39-24-19-13-30-33-20(19)12-16(2)22(24)28/h5-7,12-13,17H,1,8-11,14-15H2,2-4H3,(H,30,33). The number of aromatic nitrogens is 5. The molecule has 4 aromatic rings. The van der Waals surface area contributed by atoms with Crippen LogP contribution in [0.15, 0.2) is 37.2 Å². The average molecular weight is 548 g/mol. The summed E-state index contributed by atoms with van der Waals surface area (Å²) in [6.45, 7) is 9.66. The zero-order chi connectivity index (χ0) is 27.3. The fraction of sp³-hybridized carbons (Fsp3) is 0.370. The SMILES string of the molecule is C=CC(=O)N1CCN(c2nc(N3CC(N(C)C)C3)nc3c(Oc4c(Cl)c(C)cc5[nH]ncc45)nccc23)CC1. The number of fused-ring (bicyclic) bond motifs is 2. The Morgan fingerprint density at radius 2 is 1.95 bits per heavy atom. The van der Waals surface area contributed by atoms with Crippen LogP contribution in [0.25, 0.3) is 21.8 Å². The topological polar surface area (TPSA) is 107 Å². The number of aromatic amines is 1. The van der Waals surface area contributed by atoms with Gasteiger partial charge in [0.15, 0.2) is 5.75 Å². The molecule has 2 aliphatic rings. The number of piperazine rings is 1. The molecule has 1 amide bonds. The second kappa shape index (κ2) is 9.97. The van der Waals surface area contributed by atoms with Crippen molar-refractivity contribution in [3.8, 4) is 11.6 Å². The van der Waals surface area contributed by atoms with Gasteiger partial charge in [0.05, 0.1) is 27.5 Å². The van der Waals surface area contributed by atoms with Crippen molar-refractivity contribution in [3.63, 3.8) is 0 Å². The summed E-state index contributed by atoms with van der Waals surface area (Å²) in [6, 6.07) is 4.28. The molecule has 0 spiro atoms. The summed E-state index contributed by atoms with van der Waals surface area (Å²) in [5.41, 5.74) is 2.29. The second-order valence-electron chi connectivity index (χ2n) is 10.2. The molecular formula is C27H30ClN9O2. The second-order valence-corrected chi connectivity index (χ2v) is 10.5. The number of halogens is 1. The maximum absolute atomic E-state index is 12.2. The number of nitrogens with one attached hydrogen (secondary N) is 1. The van der Waals surface area contributed by atoms with E-state index in [-0.39, 0.29) is 5.91 Å². The van der Waals surface area contributed by atoms with E-state index in [1.165, 1.54) is 6.08 Å². The van der Waals surface area contributed by atoms with Crippen LogP contribution in [0.1, 0.15) is 5.56 Å². The van der Waals surface area contributed by atoms with E-state index in [4.69, 9.17) is 26.3 Å². The number of hydrogen-bond donors (Lipinski definition) is 1. The van der Waals surface area contributed by atoms with E-state index in [2.05, 4.69) is 50.6 Å². The predicted octanol–water partition coefficient (Wildman–Crippen LogP) is 3.24. The molecule has 39 heavy (non-hydrogen) atoms. The number of carbonyl (C=O) groups is 1. The van der Waals surface area contributed by atoms with Gasteiger partial charge in [0.25, 0.3) is 0 Å². The lowest BCUT2D eigenvalue weighted by atomic mass is 10.1. The van der Waals surface area contributed by atoms with Gasteiger partial charge < -0.3 is 24.3 Å². The van der Waals surface area contributed by atoms with Crippen LogP contribution < -0.4 is 14.5 Å². The van der Waals surface area contributed by atoms with Crippen molar-refractivity contribution in [3.05, 3.63) is 47.8 Å². The molecule has 1 aromatic carbocycles. The molecule has 11 nitrogen and oxygen atoms in total. The number of ether oxygens (including phenoxy) is 1. The Kier molecular flexibility index (Phi) is 6.48. The summed E-state index contributed by atoms with van der Waals surface area (Å²) >= 11 is 6.71. The number of likely N-dealkylation sites (N-methyl/N-ethyl adjacent to an activating group) is 1. The lowest BCUT2D eigenvalue weighted by Gasteiger charge is -2.43. The van der Waals surface area contributed by atoms with Crippen LogP contribution in [-0.2, 0) is 4.79 Å². The first-order valence-electron chi connectivity index (χ1n) is 12.9. The van der Waals surface area contributed by atoms with Crippen LogP contribution in [0.5, 0.6) is 11.6 Å². The molecule has 6 rings (SSSR count). The monoisotopic (exact) mass is 547 g/mol. The van der Waals surface area contributed by atoms with Gasteiger partial charge in [-0.2, -0.15) is 10.1 Å². The number of aryl methyl sites for hydroxylation is 1. The molecule has 3 aromatic heterocycles. The molecule has 0 bridgehead atoms. The first-order chi connectivity index (χ1) is 18.8. The van der Waals surface area contributed by atoms with Crippen molar-refractivity contribution in [2.24, 2.45) is 0 Å². The zero-order valence-corrected chi connectivity index (χ0v) is 22.9. The molecule has 0 radical (unpaired) electrons. The minimum atomic E-state index is -0.0568. The summed E-state index contributed by atoms with van der Waals surface area (Å²) < 4.78 is 6.42. The summed E-state index contributed by atoms with van der Waals surface area (Å²) in [7, 11) is 4.16. The lowest BCUT2D eigenvalue weighted by Crippen LogP contribution is -2.58. The van der Waals surface area contributed by atoms with Crippen LogP contribution in [-0.4, -0.2) is 100 Å². The number of anilines is 2. The molecule has 2 saturated heterocycles. The predicted molar refractivity (Wildman–Crippen MR) is 152 cm³/mol. The Morgan fingerprint density at radius 1 is 1.18 bits per heavy atom. The van der Waals surface area contributed by atoms with Gasteiger partial charge in [-0.15, -0.1) is 0 Å². The van der Waals surface area contributed by atoms with Gasteiger partial charge in [0.1, 0.15) is 11.3 Å². The Labute approximate surface area is 231 Å². The molecule has 202 valence electrons. The summed E-state index contributed by atoms with van der Waals surface area (Å²) in [5.74, 6) is 2.19. The first kappa shape index (κ1) is 25.3. The molecule has 5 heterocycles. The number of pyridine rings is 1. The number of nitrogens with zero attached hydrogens (tertiary/aromatic N) is 8. The Morgan fingerprint density at radius 3 is 2.67 bits per heavy atom. The summed E-state index contributed by atoms with van der Waals surface area (Å²) in [4.78, 5) is 35.1. The molecule has 1 N–H and O–H groups in total. The number of carbonyl (C=O) groups excluding carboxylic acids is 1. The Bertz CT molecular complexity index is 1570. The van der Waals surface area contributed by atoms with Gasteiger partial charge in [0.2, 0.25) is 17.7 Å². The third-order valence-electron chi connectivity index (χ3n) is 7.51. The van der Waals surface area contributed by atoms with E-state index < -0.39 is 0 Å². The molecule has 2 fully saturated rings. The minimum absolute atomic E-state index is 0.0568. The third-order valence-corrected chi connectivity index (χ3v) is 7.98. The Balaban J connectivity index is 1.43. The number of amides is 1. The number of rotatable bonds is 6. The zero-order valence-electron chi connectivity index (χ0n) is 22.2. The van der Waals surface area contributed by atoms with Gasteiger partial charge in [-0.3, -0.25) is 9.89 Å². The van der Waals surface area contributed by atoms with Crippen molar-refractivity contribution in [1.82, 2.24) is 34.9 Å². The van der Waals surface area contributed by atoms with Crippen molar-refractivity contribution >= 4 is 51.1 Å². The highest BCUT2D eigenvalue weighted by atomic mass is 35.5. The summed E-state index contributed by atoms with van der Waals surface area (Å²) in [5, 5.41) is 9.23. The number of H-pyrrole nitrogens is 1. The van der Waals surface area contributed by atoms with Crippen molar-refractivity contribution < 1.29 is 9.53 Å². The van der Waals surface area contributed by atoms with Crippen LogP contribution in [0.3, 0.4) is 0 Å². The average Bonchev–Trinajstić information content (AvgIpc) is 3.37. The summed E-state index contributed by atoms with van der Waals surface area (Å²) in [6.07, 6.45) is 4.75. The van der Waals surface area contributed by atoms with Gasteiger partial charge in [-0.1, -0.05) is 18.2 Å². The van der Waals surface area contributed by atoms with Crippen LogP contribution >= 0.6 is 11.6 Å². The molecule has 0 atom stereocenters. The molecule has 2 aliphatic heterocycles. The smallest absolute Gasteiger partial charge is 0.246 e. The fourth-order valence-electron chi connectivity index (χ4n) is 5.03. The number of hydrogen-bond acceptors (Lipinski definition) is 9. The quantitative estimate of drug-likeness (QED) is 0.364. The highest BCUT2D eigenvalue weighted by Crippen LogP contribution is 2.40. The van der Waals surface area contributed by atoms with E-state index in [9.17, 15) is 4.79 Å². The lowest BCUT2D eigenvalue weighted by molar-refractivity contribution is -0.126.